The lowest BCUT2D eigenvalue weighted by Crippen LogP contribution is -2.34. The van der Waals surface area contributed by atoms with Gasteiger partial charge in [0.1, 0.15) is 11.5 Å². The SMILES string of the molecule is Cc1ccc(C(=O)NC(=Cc2ccco2)C(=O)NCc2ccc(Cl)cc2)cc1C. The van der Waals surface area contributed by atoms with E-state index < -0.39 is 5.91 Å². The zero-order chi connectivity index (χ0) is 20.8. The molecule has 0 aliphatic carbocycles. The quantitative estimate of drug-likeness (QED) is 0.584. The van der Waals surface area contributed by atoms with E-state index >= 15 is 0 Å². The maximum absolute atomic E-state index is 12.7. The molecule has 148 valence electrons. The number of carbonyl (C=O) groups is 2. The first-order chi connectivity index (χ1) is 13.9. The second kappa shape index (κ2) is 9.26. The lowest BCUT2D eigenvalue weighted by molar-refractivity contribution is -0.117. The number of hydrogen-bond donors (Lipinski definition) is 2. The molecule has 3 aromatic rings. The van der Waals surface area contributed by atoms with Crippen LogP contribution in [0, 0.1) is 13.8 Å². The van der Waals surface area contributed by atoms with E-state index in [1.165, 1.54) is 12.3 Å². The third kappa shape index (κ3) is 5.59. The summed E-state index contributed by atoms with van der Waals surface area (Å²) in [5, 5.41) is 6.12. The smallest absolute Gasteiger partial charge is 0.268 e. The first-order valence-corrected chi connectivity index (χ1v) is 9.46. The van der Waals surface area contributed by atoms with Crippen molar-refractivity contribution in [3.8, 4) is 0 Å². The Bertz CT molecular complexity index is 1040. The fraction of sp³-hybridized carbons (Fsp3) is 0.130. The van der Waals surface area contributed by atoms with Crippen LogP contribution in [0.3, 0.4) is 0 Å². The Labute approximate surface area is 174 Å². The third-order valence-corrected chi connectivity index (χ3v) is 4.71. The number of aryl methyl sites for hydroxylation is 2. The topological polar surface area (TPSA) is 71.3 Å². The van der Waals surface area contributed by atoms with E-state index in [0.717, 1.165) is 16.7 Å². The van der Waals surface area contributed by atoms with Crippen molar-refractivity contribution >= 4 is 29.5 Å². The van der Waals surface area contributed by atoms with Crippen molar-refractivity contribution in [2.75, 3.05) is 0 Å². The number of nitrogens with one attached hydrogen (secondary N) is 2. The molecule has 0 aliphatic rings. The summed E-state index contributed by atoms with van der Waals surface area (Å²) in [6.45, 7) is 4.21. The molecule has 0 saturated carbocycles. The molecule has 0 atom stereocenters. The second-order valence-corrected chi connectivity index (χ2v) is 7.07. The Balaban J connectivity index is 1.76. The Morgan fingerprint density at radius 3 is 2.45 bits per heavy atom. The number of furan rings is 1. The number of amides is 2. The molecular weight excluding hydrogens is 388 g/mol. The largest absolute Gasteiger partial charge is 0.465 e. The molecule has 0 spiro atoms. The van der Waals surface area contributed by atoms with Gasteiger partial charge < -0.3 is 15.1 Å². The summed E-state index contributed by atoms with van der Waals surface area (Å²) in [7, 11) is 0. The van der Waals surface area contributed by atoms with Crippen molar-refractivity contribution in [1.29, 1.82) is 0 Å². The number of halogens is 1. The standard InChI is InChI=1S/C23H21ClN2O3/c1-15-5-8-18(12-16(15)2)22(27)26-21(13-20-4-3-11-29-20)23(28)25-14-17-6-9-19(24)10-7-17/h3-13H,14H2,1-2H3,(H,25,28)(H,26,27). The molecule has 0 fully saturated rings. The van der Waals surface area contributed by atoms with Crippen molar-refractivity contribution in [2.45, 2.75) is 20.4 Å². The van der Waals surface area contributed by atoms with Gasteiger partial charge in [-0.25, -0.2) is 0 Å². The van der Waals surface area contributed by atoms with E-state index in [9.17, 15) is 9.59 Å². The van der Waals surface area contributed by atoms with Crippen molar-refractivity contribution in [1.82, 2.24) is 10.6 Å². The van der Waals surface area contributed by atoms with Gasteiger partial charge in [-0.2, -0.15) is 0 Å². The molecule has 3 rings (SSSR count). The van der Waals surface area contributed by atoms with E-state index in [-0.39, 0.29) is 11.6 Å². The highest BCUT2D eigenvalue weighted by molar-refractivity contribution is 6.30. The van der Waals surface area contributed by atoms with Gasteiger partial charge in [0.25, 0.3) is 11.8 Å². The molecular formula is C23H21ClN2O3. The van der Waals surface area contributed by atoms with E-state index in [0.29, 0.717) is 22.9 Å². The summed E-state index contributed by atoms with van der Waals surface area (Å²) in [6, 6.07) is 16.0. The molecule has 2 amide bonds. The number of hydrogen-bond acceptors (Lipinski definition) is 3. The predicted molar refractivity (Wildman–Crippen MR) is 113 cm³/mol. The van der Waals surface area contributed by atoms with Crippen LogP contribution >= 0.6 is 11.6 Å². The van der Waals surface area contributed by atoms with Crippen LogP contribution in [0.5, 0.6) is 0 Å². The Kier molecular flexibility index (Phi) is 6.52. The van der Waals surface area contributed by atoms with E-state index in [1.54, 1.807) is 36.4 Å². The first kappa shape index (κ1) is 20.4. The van der Waals surface area contributed by atoms with Crippen molar-refractivity contribution in [3.05, 3.63) is 99.6 Å². The van der Waals surface area contributed by atoms with Crippen molar-refractivity contribution < 1.29 is 14.0 Å². The zero-order valence-electron chi connectivity index (χ0n) is 16.2. The van der Waals surface area contributed by atoms with Crippen LogP contribution in [-0.2, 0) is 11.3 Å². The molecule has 1 aromatic heterocycles. The molecule has 2 N–H and O–H groups in total. The fourth-order valence-corrected chi connectivity index (χ4v) is 2.76. The van der Waals surface area contributed by atoms with Gasteiger partial charge in [0.2, 0.25) is 0 Å². The van der Waals surface area contributed by atoms with Crippen LogP contribution in [0.2, 0.25) is 5.02 Å². The lowest BCUT2D eigenvalue weighted by atomic mass is 10.1. The highest BCUT2D eigenvalue weighted by atomic mass is 35.5. The summed E-state index contributed by atoms with van der Waals surface area (Å²) >= 11 is 5.89. The van der Waals surface area contributed by atoms with Gasteiger partial charge in [-0.15, -0.1) is 0 Å². The maximum Gasteiger partial charge on any atom is 0.268 e. The Morgan fingerprint density at radius 1 is 1.03 bits per heavy atom. The average Bonchev–Trinajstić information content (AvgIpc) is 3.22. The van der Waals surface area contributed by atoms with Crippen LogP contribution in [0.4, 0.5) is 0 Å². The maximum atomic E-state index is 12.7. The van der Waals surface area contributed by atoms with Gasteiger partial charge in [-0.05, 0) is 66.9 Å². The second-order valence-electron chi connectivity index (χ2n) is 6.64. The third-order valence-electron chi connectivity index (χ3n) is 4.46. The fourth-order valence-electron chi connectivity index (χ4n) is 2.63. The lowest BCUT2D eigenvalue weighted by Gasteiger charge is -2.12. The highest BCUT2D eigenvalue weighted by Gasteiger charge is 2.15. The van der Waals surface area contributed by atoms with Crippen molar-refractivity contribution in [2.24, 2.45) is 0 Å². The Morgan fingerprint density at radius 2 is 1.79 bits per heavy atom. The summed E-state index contributed by atoms with van der Waals surface area (Å²) in [4.78, 5) is 25.4. The minimum Gasteiger partial charge on any atom is -0.465 e. The summed E-state index contributed by atoms with van der Waals surface area (Å²) in [5.74, 6) is -0.330. The van der Waals surface area contributed by atoms with Crippen LogP contribution in [0.1, 0.15) is 32.8 Å². The monoisotopic (exact) mass is 408 g/mol. The number of benzene rings is 2. The van der Waals surface area contributed by atoms with Gasteiger partial charge in [0.05, 0.1) is 6.26 Å². The molecule has 29 heavy (non-hydrogen) atoms. The van der Waals surface area contributed by atoms with E-state index in [1.807, 2.05) is 32.0 Å². The van der Waals surface area contributed by atoms with Crippen LogP contribution in [0.25, 0.3) is 6.08 Å². The van der Waals surface area contributed by atoms with Crippen LogP contribution < -0.4 is 10.6 Å². The summed E-state index contributed by atoms with van der Waals surface area (Å²) in [6.07, 6.45) is 3.00. The molecule has 1 heterocycles. The highest BCUT2D eigenvalue weighted by Crippen LogP contribution is 2.13. The van der Waals surface area contributed by atoms with Crippen LogP contribution in [0.15, 0.2) is 71.0 Å². The molecule has 6 heteroatoms. The number of rotatable bonds is 6. The van der Waals surface area contributed by atoms with E-state index in [2.05, 4.69) is 10.6 Å². The summed E-state index contributed by atoms with van der Waals surface area (Å²) < 4.78 is 5.29. The molecule has 0 saturated heterocycles. The molecule has 2 aromatic carbocycles. The normalized spacial score (nSPS) is 11.2. The minimum absolute atomic E-state index is 0.0946. The molecule has 0 radical (unpaired) electrons. The van der Waals surface area contributed by atoms with Gasteiger partial charge in [-0.1, -0.05) is 29.8 Å². The Hall–Kier alpha value is -3.31. The van der Waals surface area contributed by atoms with Gasteiger partial charge in [-0.3, -0.25) is 9.59 Å². The molecule has 0 unspecified atom stereocenters. The zero-order valence-corrected chi connectivity index (χ0v) is 16.9. The van der Waals surface area contributed by atoms with Gasteiger partial charge in [0, 0.05) is 23.2 Å². The van der Waals surface area contributed by atoms with Gasteiger partial charge >= 0.3 is 0 Å². The van der Waals surface area contributed by atoms with Crippen LogP contribution in [-0.4, -0.2) is 11.8 Å². The van der Waals surface area contributed by atoms with Crippen molar-refractivity contribution in [3.63, 3.8) is 0 Å². The molecule has 0 bridgehead atoms. The molecule has 0 aliphatic heterocycles. The van der Waals surface area contributed by atoms with Gasteiger partial charge in [0.15, 0.2) is 0 Å². The molecule has 5 nitrogen and oxygen atoms in total. The average molecular weight is 409 g/mol. The number of carbonyl (C=O) groups excluding carboxylic acids is 2. The summed E-state index contributed by atoms with van der Waals surface area (Å²) in [5.41, 5.74) is 3.55. The first-order valence-electron chi connectivity index (χ1n) is 9.09. The minimum atomic E-state index is -0.423. The predicted octanol–water partition coefficient (Wildman–Crippen LogP) is 4.64. The van der Waals surface area contributed by atoms with E-state index in [4.69, 9.17) is 16.0 Å².